The summed E-state index contributed by atoms with van der Waals surface area (Å²) in [7, 11) is 4.02. The summed E-state index contributed by atoms with van der Waals surface area (Å²) in [5, 5.41) is 5.43. The predicted octanol–water partition coefficient (Wildman–Crippen LogP) is 5.58. The molecule has 0 saturated heterocycles. The second-order valence-electron chi connectivity index (χ2n) is 11.6. The van der Waals surface area contributed by atoms with Crippen molar-refractivity contribution < 1.29 is 23.2 Å². The van der Waals surface area contributed by atoms with Crippen molar-refractivity contribution in [2.24, 2.45) is 5.41 Å². The summed E-state index contributed by atoms with van der Waals surface area (Å²) in [6.45, 7) is 2.02. The Bertz CT molecular complexity index is 1550. The summed E-state index contributed by atoms with van der Waals surface area (Å²) in [5.41, 5.74) is 2.83. The number of para-hydroxylation sites is 1. The number of nitrogens with one attached hydrogen (secondary N) is 2. The van der Waals surface area contributed by atoms with Gasteiger partial charge in [-0.1, -0.05) is 24.3 Å². The van der Waals surface area contributed by atoms with Crippen LogP contribution in [-0.4, -0.2) is 56.4 Å². The SMILES string of the molecule is CN(C)CCCNC(=O)C1=CC2(CC1)CCN(C(=O)c1ccc(C(=O)Nc3cc(F)ccc3F)cc1)c1ccccc1C2. The van der Waals surface area contributed by atoms with Gasteiger partial charge in [-0.3, -0.25) is 14.4 Å². The van der Waals surface area contributed by atoms with Gasteiger partial charge in [0, 0.05) is 41.5 Å². The molecule has 3 aromatic rings. The highest BCUT2D eigenvalue weighted by Crippen LogP contribution is 2.46. The van der Waals surface area contributed by atoms with Gasteiger partial charge in [-0.15, -0.1) is 0 Å². The summed E-state index contributed by atoms with van der Waals surface area (Å²) in [6.07, 6.45) is 6.02. The zero-order chi connectivity index (χ0) is 30.6. The molecule has 7 nitrogen and oxygen atoms in total. The molecule has 1 aliphatic carbocycles. The first-order valence-electron chi connectivity index (χ1n) is 14.5. The van der Waals surface area contributed by atoms with Crippen LogP contribution in [0.1, 0.15) is 52.0 Å². The largest absolute Gasteiger partial charge is 0.352 e. The van der Waals surface area contributed by atoms with Crippen LogP contribution in [0.25, 0.3) is 0 Å². The van der Waals surface area contributed by atoms with E-state index >= 15 is 0 Å². The highest BCUT2D eigenvalue weighted by molar-refractivity contribution is 6.08. The summed E-state index contributed by atoms with van der Waals surface area (Å²) in [4.78, 5) is 43.2. The number of hydrogen-bond donors (Lipinski definition) is 2. The molecule has 1 unspecified atom stereocenters. The van der Waals surface area contributed by atoms with E-state index in [4.69, 9.17) is 0 Å². The average molecular weight is 587 g/mol. The molecule has 0 saturated carbocycles. The van der Waals surface area contributed by atoms with Gasteiger partial charge in [0.2, 0.25) is 5.91 Å². The Morgan fingerprint density at radius 3 is 2.44 bits per heavy atom. The molecule has 43 heavy (non-hydrogen) atoms. The smallest absolute Gasteiger partial charge is 0.258 e. The van der Waals surface area contributed by atoms with Crippen molar-refractivity contribution in [3.8, 4) is 0 Å². The third-order valence-electron chi connectivity index (χ3n) is 8.21. The molecule has 224 valence electrons. The Morgan fingerprint density at radius 1 is 0.930 bits per heavy atom. The molecule has 1 atom stereocenters. The minimum Gasteiger partial charge on any atom is -0.352 e. The maximum atomic E-state index is 14.0. The molecule has 3 aromatic carbocycles. The van der Waals surface area contributed by atoms with Crippen LogP contribution in [0.15, 0.2) is 78.4 Å². The lowest BCUT2D eigenvalue weighted by Crippen LogP contribution is -2.33. The van der Waals surface area contributed by atoms with Crippen LogP contribution >= 0.6 is 0 Å². The van der Waals surface area contributed by atoms with Gasteiger partial charge >= 0.3 is 0 Å². The summed E-state index contributed by atoms with van der Waals surface area (Å²) >= 11 is 0. The number of allylic oxidation sites excluding steroid dienone is 1. The Labute approximate surface area is 250 Å². The number of amides is 3. The number of halogens is 2. The van der Waals surface area contributed by atoms with E-state index in [1.165, 1.54) is 12.1 Å². The molecular weight excluding hydrogens is 550 g/mol. The molecule has 1 aliphatic heterocycles. The van der Waals surface area contributed by atoms with Gasteiger partial charge in [-0.25, -0.2) is 8.78 Å². The van der Waals surface area contributed by atoms with Crippen LogP contribution in [0.5, 0.6) is 0 Å². The van der Waals surface area contributed by atoms with Crippen molar-refractivity contribution in [2.45, 2.75) is 32.1 Å². The van der Waals surface area contributed by atoms with Crippen molar-refractivity contribution in [1.82, 2.24) is 10.2 Å². The second kappa shape index (κ2) is 12.9. The normalized spacial score (nSPS) is 17.8. The van der Waals surface area contributed by atoms with E-state index < -0.39 is 17.5 Å². The van der Waals surface area contributed by atoms with E-state index in [1.54, 1.807) is 17.0 Å². The molecule has 2 N–H and O–H groups in total. The Balaban J connectivity index is 1.29. The van der Waals surface area contributed by atoms with Gasteiger partial charge in [0.05, 0.1) is 5.69 Å². The zero-order valence-corrected chi connectivity index (χ0v) is 24.5. The van der Waals surface area contributed by atoms with Crippen molar-refractivity contribution >= 4 is 29.1 Å². The van der Waals surface area contributed by atoms with E-state index in [1.807, 2.05) is 38.4 Å². The molecule has 2 aliphatic rings. The fourth-order valence-corrected chi connectivity index (χ4v) is 5.89. The highest BCUT2D eigenvalue weighted by atomic mass is 19.1. The molecular formula is C34H36F2N4O3. The van der Waals surface area contributed by atoms with E-state index in [9.17, 15) is 23.2 Å². The molecule has 9 heteroatoms. The van der Waals surface area contributed by atoms with Crippen LogP contribution in [0.3, 0.4) is 0 Å². The van der Waals surface area contributed by atoms with Crippen LogP contribution in [0.2, 0.25) is 0 Å². The molecule has 1 heterocycles. The summed E-state index contributed by atoms with van der Waals surface area (Å²) in [5.74, 6) is -2.24. The molecule has 5 rings (SSSR count). The fraction of sp³-hybridized carbons (Fsp3) is 0.324. The first-order chi connectivity index (χ1) is 20.6. The Hall–Kier alpha value is -4.37. The molecule has 0 aromatic heterocycles. The number of rotatable bonds is 8. The number of nitrogens with zero attached hydrogens (tertiary/aromatic N) is 2. The van der Waals surface area contributed by atoms with E-state index in [2.05, 4.69) is 21.6 Å². The lowest BCUT2D eigenvalue weighted by Gasteiger charge is -2.26. The number of carbonyl (C=O) groups excluding carboxylic acids is 3. The molecule has 0 bridgehead atoms. The molecule has 3 amide bonds. The lowest BCUT2D eigenvalue weighted by atomic mass is 9.79. The number of benzene rings is 3. The standard InChI is InChI=1S/C34H36F2N4O3/c1-39(2)18-5-17-37-31(41)26-14-15-34(22-26)16-19-40(30-7-4-3-6-25(30)21-34)33(43)24-10-8-23(9-11-24)32(42)38-29-20-27(35)12-13-28(29)36/h3-4,6-13,20,22H,5,14-19,21H2,1-2H3,(H,37,41)(H,38,42). The van der Waals surface area contributed by atoms with Gasteiger partial charge in [0.25, 0.3) is 11.8 Å². The van der Waals surface area contributed by atoms with Crippen LogP contribution < -0.4 is 15.5 Å². The van der Waals surface area contributed by atoms with Gasteiger partial charge < -0.3 is 20.4 Å². The second-order valence-corrected chi connectivity index (χ2v) is 11.6. The van der Waals surface area contributed by atoms with Crippen molar-refractivity contribution in [3.05, 3.63) is 107 Å². The van der Waals surface area contributed by atoms with E-state index in [0.29, 0.717) is 31.5 Å². The van der Waals surface area contributed by atoms with Crippen molar-refractivity contribution in [3.63, 3.8) is 0 Å². The maximum absolute atomic E-state index is 14.0. The third kappa shape index (κ3) is 7.00. The third-order valence-corrected chi connectivity index (χ3v) is 8.21. The Morgan fingerprint density at radius 2 is 1.67 bits per heavy atom. The minimum atomic E-state index is -0.746. The maximum Gasteiger partial charge on any atom is 0.258 e. The molecule has 0 radical (unpaired) electrons. The molecule has 0 fully saturated rings. The average Bonchev–Trinajstić information content (AvgIpc) is 3.34. The van der Waals surface area contributed by atoms with Gasteiger partial charge in [-0.05, 0) is 106 Å². The van der Waals surface area contributed by atoms with Gasteiger partial charge in [0.15, 0.2) is 0 Å². The lowest BCUT2D eigenvalue weighted by molar-refractivity contribution is -0.117. The minimum absolute atomic E-state index is 0.00893. The van der Waals surface area contributed by atoms with E-state index in [0.717, 1.165) is 60.8 Å². The quantitative estimate of drug-likeness (QED) is 0.338. The van der Waals surface area contributed by atoms with Crippen molar-refractivity contribution in [1.29, 1.82) is 0 Å². The first kappa shape index (κ1) is 30.1. The number of carbonyl (C=O) groups is 3. The van der Waals surface area contributed by atoms with E-state index in [-0.39, 0.29) is 28.5 Å². The predicted molar refractivity (Wildman–Crippen MR) is 163 cm³/mol. The fourth-order valence-electron chi connectivity index (χ4n) is 5.89. The number of hydrogen-bond acceptors (Lipinski definition) is 4. The molecule has 1 spiro atoms. The zero-order valence-electron chi connectivity index (χ0n) is 24.5. The van der Waals surface area contributed by atoms with Crippen LogP contribution in [-0.2, 0) is 11.2 Å². The summed E-state index contributed by atoms with van der Waals surface area (Å²) in [6, 6.07) is 16.8. The Kier molecular flexibility index (Phi) is 9.01. The highest BCUT2D eigenvalue weighted by Gasteiger charge is 2.39. The number of fused-ring (bicyclic) bond motifs is 1. The number of anilines is 2. The van der Waals surface area contributed by atoms with Crippen LogP contribution in [0, 0.1) is 17.0 Å². The van der Waals surface area contributed by atoms with Gasteiger partial charge in [0.1, 0.15) is 11.6 Å². The first-order valence-corrected chi connectivity index (χ1v) is 14.5. The van der Waals surface area contributed by atoms with Gasteiger partial charge in [-0.2, -0.15) is 0 Å². The monoisotopic (exact) mass is 586 g/mol. The topological polar surface area (TPSA) is 81.8 Å². The van der Waals surface area contributed by atoms with Crippen molar-refractivity contribution in [2.75, 3.05) is 43.9 Å². The summed E-state index contributed by atoms with van der Waals surface area (Å²) < 4.78 is 27.5. The van der Waals surface area contributed by atoms with Crippen LogP contribution in [0.4, 0.5) is 20.2 Å².